The molecule has 4 aliphatic rings. The van der Waals surface area contributed by atoms with Crippen LogP contribution in [0.5, 0.6) is 0 Å². The number of halogens is 1. The lowest BCUT2D eigenvalue weighted by Crippen LogP contribution is -2.54. The van der Waals surface area contributed by atoms with E-state index in [1.165, 1.54) is 16.8 Å². The molecule has 0 fully saturated rings. The standard InChI is InChI=1S/C19H18BrNO2/c20-11-7-15-12-4-1-3-10(12)9-21-17(15)16(8-11)13-5-2-6-14(13)18(21)19(22)23/h1-2,4-5,7-8,10,12-14,18H,3,6,9H2,(H,22,23)/t10-,12+,13+,14-,18+/m1/s1. The van der Waals surface area contributed by atoms with E-state index in [1.54, 1.807) is 0 Å². The van der Waals surface area contributed by atoms with E-state index in [4.69, 9.17) is 0 Å². The first-order valence-corrected chi connectivity index (χ1v) is 9.10. The van der Waals surface area contributed by atoms with Crippen LogP contribution in [-0.2, 0) is 4.79 Å². The Morgan fingerprint density at radius 2 is 1.83 bits per heavy atom. The van der Waals surface area contributed by atoms with Crippen LogP contribution < -0.4 is 4.90 Å². The first-order valence-electron chi connectivity index (χ1n) is 8.31. The number of aliphatic carboxylic acids is 1. The molecule has 5 rings (SSSR count). The molecular weight excluding hydrogens is 354 g/mol. The van der Waals surface area contributed by atoms with Crippen LogP contribution in [0.1, 0.15) is 35.8 Å². The molecule has 2 aliphatic carbocycles. The van der Waals surface area contributed by atoms with Gasteiger partial charge in [0.25, 0.3) is 0 Å². The smallest absolute Gasteiger partial charge is 0.326 e. The summed E-state index contributed by atoms with van der Waals surface area (Å²) in [5.74, 6) is 0.674. The maximum absolute atomic E-state index is 12.1. The van der Waals surface area contributed by atoms with Crippen LogP contribution in [0.4, 0.5) is 5.69 Å². The van der Waals surface area contributed by atoms with E-state index in [0.29, 0.717) is 11.8 Å². The number of allylic oxidation sites excluding steroid dienone is 4. The molecule has 5 atom stereocenters. The van der Waals surface area contributed by atoms with Gasteiger partial charge in [0.1, 0.15) is 6.04 Å². The molecule has 2 heterocycles. The Hall–Kier alpha value is -1.55. The normalized spacial score (nSPS) is 35.9. The Morgan fingerprint density at radius 1 is 1.13 bits per heavy atom. The molecule has 1 aromatic rings. The maximum Gasteiger partial charge on any atom is 0.326 e. The predicted octanol–water partition coefficient (Wildman–Crippen LogP) is 4.06. The average Bonchev–Trinajstić information content (AvgIpc) is 3.15. The summed E-state index contributed by atoms with van der Waals surface area (Å²) in [7, 11) is 0. The van der Waals surface area contributed by atoms with Gasteiger partial charge in [0.2, 0.25) is 0 Å². The second kappa shape index (κ2) is 4.73. The Labute approximate surface area is 143 Å². The van der Waals surface area contributed by atoms with Crippen LogP contribution in [0.2, 0.25) is 0 Å². The van der Waals surface area contributed by atoms with Crippen LogP contribution in [0.25, 0.3) is 0 Å². The SMILES string of the molecule is O=C(O)[C@@H]1[C@@H]2CC=C[C@@H]2c2cc(Br)cc3c2N1C[C@H]1CC=C[C@H]31. The van der Waals surface area contributed by atoms with E-state index in [1.807, 2.05) is 0 Å². The minimum Gasteiger partial charge on any atom is -0.480 e. The highest BCUT2D eigenvalue weighted by molar-refractivity contribution is 9.10. The second-order valence-electron chi connectivity index (χ2n) is 7.17. The van der Waals surface area contributed by atoms with E-state index >= 15 is 0 Å². The topological polar surface area (TPSA) is 40.5 Å². The third-order valence-corrected chi connectivity index (χ3v) is 6.53. The molecule has 0 saturated carbocycles. The highest BCUT2D eigenvalue weighted by Crippen LogP contribution is 2.55. The van der Waals surface area contributed by atoms with Gasteiger partial charge in [-0.15, -0.1) is 0 Å². The zero-order valence-corrected chi connectivity index (χ0v) is 14.2. The highest BCUT2D eigenvalue weighted by atomic mass is 79.9. The van der Waals surface area contributed by atoms with Gasteiger partial charge in [-0.1, -0.05) is 40.2 Å². The van der Waals surface area contributed by atoms with Crippen LogP contribution in [0.15, 0.2) is 40.9 Å². The summed E-state index contributed by atoms with van der Waals surface area (Å²) < 4.78 is 1.11. The van der Waals surface area contributed by atoms with Gasteiger partial charge in [0.15, 0.2) is 0 Å². The number of carboxylic acid groups (broad SMARTS) is 1. The molecule has 0 saturated heterocycles. The molecule has 0 spiro atoms. The minimum atomic E-state index is -0.673. The molecule has 0 bridgehead atoms. The van der Waals surface area contributed by atoms with Gasteiger partial charge in [0.05, 0.1) is 0 Å². The summed E-state index contributed by atoms with van der Waals surface area (Å²) in [6.07, 6.45) is 10.9. The van der Waals surface area contributed by atoms with Crippen molar-refractivity contribution in [3.8, 4) is 0 Å². The van der Waals surface area contributed by atoms with Crippen LogP contribution in [0.3, 0.4) is 0 Å². The Kier molecular flexibility index (Phi) is 2.85. The van der Waals surface area contributed by atoms with Crippen molar-refractivity contribution in [3.63, 3.8) is 0 Å². The largest absolute Gasteiger partial charge is 0.480 e. The van der Waals surface area contributed by atoms with Crippen molar-refractivity contribution in [2.75, 3.05) is 11.4 Å². The van der Waals surface area contributed by atoms with E-state index in [-0.39, 0.29) is 11.8 Å². The molecule has 1 N–H and O–H groups in total. The summed E-state index contributed by atoms with van der Waals surface area (Å²) in [6.45, 7) is 0.861. The zero-order chi connectivity index (χ0) is 15.7. The van der Waals surface area contributed by atoms with E-state index in [9.17, 15) is 9.90 Å². The molecule has 0 unspecified atom stereocenters. The van der Waals surface area contributed by atoms with Crippen molar-refractivity contribution in [1.82, 2.24) is 0 Å². The number of hydrogen-bond acceptors (Lipinski definition) is 2. The van der Waals surface area contributed by atoms with E-state index < -0.39 is 12.0 Å². The number of anilines is 1. The van der Waals surface area contributed by atoms with Gasteiger partial charge in [-0.3, -0.25) is 0 Å². The Morgan fingerprint density at radius 3 is 2.61 bits per heavy atom. The lowest BCUT2D eigenvalue weighted by Gasteiger charge is -2.49. The highest BCUT2D eigenvalue weighted by Gasteiger charge is 2.49. The monoisotopic (exact) mass is 371 g/mol. The number of nitrogens with zero attached hydrogens (tertiary/aromatic N) is 1. The number of rotatable bonds is 1. The van der Waals surface area contributed by atoms with Gasteiger partial charge in [-0.25, -0.2) is 4.79 Å². The first kappa shape index (κ1) is 13.8. The van der Waals surface area contributed by atoms with Gasteiger partial charge in [-0.2, -0.15) is 0 Å². The third kappa shape index (κ3) is 1.78. The summed E-state index contributed by atoms with van der Waals surface area (Å²) in [5, 5.41) is 9.93. The fourth-order valence-electron chi connectivity index (χ4n) is 5.21. The van der Waals surface area contributed by atoms with Gasteiger partial charge >= 0.3 is 5.97 Å². The number of benzene rings is 1. The molecular formula is C19H18BrNO2. The number of hydrogen-bond donors (Lipinski definition) is 1. The van der Waals surface area contributed by atoms with Crippen molar-refractivity contribution in [2.45, 2.75) is 30.7 Å². The van der Waals surface area contributed by atoms with Crippen molar-refractivity contribution >= 4 is 27.6 Å². The summed E-state index contributed by atoms with van der Waals surface area (Å²) >= 11 is 3.68. The van der Waals surface area contributed by atoms with Gasteiger partial charge < -0.3 is 10.0 Å². The quantitative estimate of drug-likeness (QED) is 0.756. The fraction of sp³-hybridized carbons (Fsp3) is 0.421. The molecule has 118 valence electrons. The molecule has 0 amide bonds. The van der Waals surface area contributed by atoms with E-state index in [2.05, 4.69) is 57.3 Å². The van der Waals surface area contributed by atoms with Crippen LogP contribution in [-0.4, -0.2) is 23.7 Å². The van der Waals surface area contributed by atoms with Crippen molar-refractivity contribution in [3.05, 3.63) is 52.0 Å². The summed E-state index contributed by atoms with van der Waals surface area (Å²) in [4.78, 5) is 14.3. The Balaban J connectivity index is 1.78. The molecule has 0 radical (unpaired) electrons. The zero-order valence-electron chi connectivity index (χ0n) is 12.7. The molecule has 3 nitrogen and oxygen atoms in total. The van der Waals surface area contributed by atoms with Crippen molar-refractivity contribution in [2.24, 2.45) is 11.8 Å². The summed E-state index contributed by atoms with van der Waals surface area (Å²) in [5.41, 5.74) is 3.81. The molecule has 4 heteroatoms. The first-order chi connectivity index (χ1) is 11.1. The second-order valence-corrected chi connectivity index (χ2v) is 8.09. The Bertz CT molecular complexity index is 752. The molecule has 23 heavy (non-hydrogen) atoms. The number of fused-ring (bicyclic) bond motifs is 4. The number of carboxylic acids is 1. The lowest BCUT2D eigenvalue weighted by atomic mass is 9.72. The summed E-state index contributed by atoms with van der Waals surface area (Å²) in [6, 6.07) is 4.01. The van der Waals surface area contributed by atoms with Gasteiger partial charge in [0, 0.05) is 34.5 Å². The van der Waals surface area contributed by atoms with Crippen molar-refractivity contribution < 1.29 is 9.90 Å². The van der Waals surface area contributed by atoms with E-state index in [0.717, 1.165) is 23.9 Å². The van der Waals surface area contributed by atoms with Gasteiger partial charge in [-0.05, 0) is 42.0 Å². The molecule has 1 aromatic carbocycles. The number of carbonyl (C=O) groups is 1. The predicted molar refractivity (Wildman–Crippen MR) is 92.9 cm³/mol. The third-order valence-electron chi connectivity index (χ3n) is 6.07. The molecule has 0 aromatic heterocycles. The van der Waals surface area contributed by atoms with Crippen molar-refractivity contribution in [1.29, 1.82) is 0 Å². The molecule has 2 aliphatic heterocycles. The van der Waals surface area contributed by atoms with Crippen LogP contribution >= 0.6 is 15.9 Å². The van der Waals surface area contributed by atoms with Crippen LogP contribution in [0, 0.1) is 11.8 Å². The maximum atomic E-state index is 12.1. The lowest BCUT2D eigenvalue weighted by molar-refractivity contribution is -0.140. The minimum absolute atomic E-state index is 0.160. The fourth-order valence-corrected chi connectivity index (χ4v) is 5.70. The average molecular weight is 372 g/mol.